The van der Waals surface area contributed by atoms with Gasteiger partial charge in [0.15, 0.2) is 23.6 Å². The van der Waals surface area contributed by atoms with Crippen LogP contribution in [0.25, 0.3) is 11.0 Å². The van der Waals surface area contributed by atoms with Gasteiger partial charge in [-0.3, -0.25) is 9.88 Å². The smallest absolute Gasteiger partial charge is 0.212 e. The minimum absolute atomic E-state index is 0.260. The molecule has 0 saturated heterocycles. The zero-order chi connectivity index (χ0) is 17.7. The van der Waals surface area contributed by atoms with Crippen LogP contribution in [0.3, 0.4) is 0 Å². The van der Waals surface area contributed by atoms with Crippen molar-refractivity contribution in [2.75, 3.05) is 18.5 Å². The maximum absolute atomic E-state index is 13.3. The van der Waals surface area contributed by atoms with Crippen LogP contribution < -0.4 is 20.5 Å². The van der Waals surface area contributed by atoms with E-state index < -0.39 is 6.17 Å². The van der Waals surface area contributed by atoms with Gasteiger partial charge in [0.05, 0.1) is 24.2 Å². The van der Waals surface area contributed by atoms with Gasteiger partial charge in [0.1, 0.15) is 5.82 Å². The van der Waals surface area contributed by atoms with Crippen LogP contribution in [0.1, 0.15) is 18.2 Å². The van der Waals surface area contributed by atoms with E-state index >= 15 is 0 Å². The van der Waals surface area contributed by atoms with Crippen molar-refractivity contribution < 1.29 is 13.9 Å². The lowest BCUT2D eigenvalue weighted by atomic mass is 10.1. The van der Waals surface area contributed by atoms with Gasteiger partial charge >= 0.3 is 0 Å². The summed E-state index contributed by atoms with van der Waals surface area (Å²) in [6.07, 6.45) is 0.389. The van der Waals surface area contributed by atoms with Gasteiger partial charge in [-0.15, -0.1) is 0 Å². The number of rotatable bonds is 1. The lowest BCUT2D eigenvalue weighted by Crippen LogP contribution is -2.31. The van der Waals surface area contributed by atoms with Gasteiger partial charge in [0.25, 0.3) is 0 Å². The first-order valence-corrected chi connectivity index (χ1v) is 8.36. The molecule has 7 nitrogen and oxygen atoms in total. The van der Waals surface area contributed by atoms with E-state index in [0.717, 1.165) is 23.0 Å². The fourth-order valence-corrected chi connectivity index (χ4v) is 3.28. The Balaban J connectivity index is 1.70. The van der Waals surface area contributed by atoms with E-state index in [1.807, 2.05) is 16.7 Å². The zero-order valence-corrected chi connectivity index (χ0v) is 13.8. The molecule has 0 unspecified atom stereocenters. The Hall–Kier alpha value is -3.29. The molecule has 2 aliphatic rings. The van der Waals surface area contributed by atoms with Gasteiger partial charge in [-0.2, -0.15) is 0 Å². The molecule has 3 aromatic rings. The minimum Gasteiger partial charge on any atom is -0.489 e. The van der Waals surface area contributed by atoms with E-state index in [0.29, 0.717) is 30.7 Å². The molecule has 0 bridgehead atoms. The fraction of sp³-hybridized carbons (Fsp3) is 0.222. The molecule has 3 N–H and O–H groups in total. The number of nitrogens with zero attached hydrogens (tertiary/aromatic N) is 3. The predicted octanol–water partition coefficient (Wildman–Crippen LogP) is 2.62. The number of fused-ring (bicyclic) bond motifs is 4. The third kappa shape index (κ3) is 2.33. The highest BCUT2D eigenvalue weighted by atomic mass is 19.1. The zero-order valence-electron chi connectivity index (χ0n) is 13.8. The fourth-order valence-electron chi connectivity index (χ4n) is 3.28. The highest BCUT2D eigenvalue weighted by Gasteiger charge is 2.26. The standard InChI is InChI=1S/C18H16FN5O2/c19-11-4-2-10(3-5-11)16-22-17(20)23-18-21-12-8-14-15(9-13(12)24(16)18)26-7-1-6-25-14/h2-5,8-9,16H,1,6-7H2,(H3,20,21,22,23)/t16-/m0/s1. The molecule has 0 radical (unpaired) electrons. The molecular formula is C18H16FN5O2. The number of aliphatic imine (C=N–C) groups is 1. The number of anilines is 1. The molecule has 26 heavy (non-hydrogen) atoms. The molecule has 0 aliphatic carbocycles. The summed E-state index contributed by atoms with van der Waals surface area (Å²) in [4.78, 5) is 9.11. The number of nitrogens with one attached hydrogen (secondary N) is 1. The Bertz CT molecular complexity index is 1030. The Morgan fingerprint density at radius 2 is 1.85 bits per heavy atom. The summed E-state index contributed by atoms with van der Waals surface area (Å²) in [7, 11) is 0. The summed E-state index contributed by atoms with van der Waals surface area (Å²) in [6, 6.07) is 9.97. The van der Waals surface area contributed by atoms with Crippen molar-refractivity contribution in [1.82, 2.24) is 9.55 Å². The first kappa shape index (κ1) is 15.0. The molecule has 5 rings (SSSR count). The normalized spacial score (nSPS) is 18.7. The second-order valence-corrected chi connectivity index (χ2v) is 6.21. The van der Waals surface area contributed by atoms with Crippen molar-refractivity contribution in [2.24, 2.45) is 10.7 Å². The van der Waals surface area contributed by atoms with E-state index in [4.69, 9.17) is 15.2 Å². The van der Waals surface area contributed by atoms with Crippen molar-refractivity contribution in [3.63, 3.8) is 0 Å². The van der Waals surface area contributed by atoms with Gasteiger partial charge < -0.3 is 15.2 Å². The van der Waals surface area contributed by atoms with E-state index in [1.165, 1.54) is 12.1 Å². The molecule has 8 heteroatoms. The Labute approximate surface area is 148 Å². The van der Waals surface area contributed by atoms with Crippen molar-refractivity contribution in [3.8, 4) is 11.5 Å². The summed E-state index contributed by atoms with van der Waals surface area (Å²) in [5, 5.41) is 2.99. The Morgan fingerprint density at radius 3 is 2.62 bits per heavy atom. The van der Waals surface area contributed by atoms with Crippen LogP contribution >= 0.6 is 0 Å². The summed E-state index contributed by atoms with van der Waals surface area (Å²) in [5.41, 5.74) is 8.32. The van der Waals surface area contributed by atoms with Crippen molar-refractivity contribution in [3.05, 3.63) is 47.8 Å². The lowest BCUT2D eigenvalue weighted by Gasteiger charge is -2.24. The molecule has 132 valence electrons. The largest absolute Gasteiger partial charge is 0.489 e. The monoisotopic (exact) mass is 353 g/mol. The molecule has 2 aliphatic heterocycles. The third-order valence-electron chi connectivity index (χ3n) is 4.47. The highest BCUT2D eigenvalue weighted by Crippen LogP contribution is 2.38. The number of ether oxygens (including phenoxy) is 2. The first-order valence-electron chi connectivity index (χ1n) is 8.36. The molecule has 2 aromatic carbocycles. The van der Waals surface area contributed by atoms with Gasteiger partial charge in [-0.1, -0.05) is 12.1 Å². The molecule has 0 saturated carbocycles. The molecule has 0 fully saturated rings. The predicted molar refractivity (Wildman–Crippen MR) is 95.1 cm³/mol. The maximum Gasteiger partial charge on any atom is 0.212 e. The molecule has 0 amide bonds. The number of nitrogens with two attached hydrogens (primary N) is 1. The van der Waals surface area contributed by atoms with E-state index in [-0.39, 0.29) is 11.8 Å². The van der Waals surface area contributed by atoms with E-state index in [1.54, 1.807) is 12.1 Å². The maximum atomic E-state index is 13.3. The Morgan fingerprint density at radius 1 is 1.12 bits per heavy atom. The van der Waals surface area contributed by atoms with Crippen LogP contribution in [0.2, 0.25) is 0 Å². The summed E-state index contributed by atoms with van der Waals surface area (Å²) < 4.78 is 26.8. The SMILES string of the molecule is NC1=N[C@H](c2ccc(F)cc2)n2c(nc3cc4c(cc32)OCCCO4)N1. The van der Waals surface area contributed by atoms with Crippen LogP contribution in [0.15, 0.2) is 41.4 Å². The third-order valence-corrected chi connectivity index (χ3v) is 4.47. The van der Waals surface area contributed by atoms with Gasteiger partial charge in [-0.05, 0) is 17.7 Å². The van der Waals surface area contributed by atoms with Gasteiger partial charge in [0, 0.05) is 18.6 Å². The van der Waals surface area contributed by atoms with Crippen LogP contribution in [0.5, 0.6) is 11.5 Å². The summed E-state index contributed by atoms with van der Waals surface area (Å²) in [5.74, 6) is 1.89. The number of benzene rings is 2. The van der Waals surface area contributed by atoms with Crippen molar-refractivity contribution in [1.29, 1.82) is 0 Å². The van der Waals surface area contributed by atoms with Crippen molar-refractivity contribution in [2.45, 2.75) is 12.6 Å². The molecular weight excluding hydrogens is 337 g/mol. The number of imidazole rings is 1. The number of guanidine groups is 1. The summed E-state index contributed by atoms with van der Waals surface area (Å²) in [6.45, 7) is 1.21. The minimum atomic E-state index is -0.443. The number of hydrogen-bond acceptors (Lipinski definition) is 6. The van der Waals surface area contributed by atoms with Crippen LogP contribution in [-0.4, -0.2) is 28.7 Å². The average Bonchev–Trinajstić information content (AvgIpc) is 2.81. The number of hydrogen-bond donors (Lipinski definition) is 2. The molecule has 3 heterocycles. The van der Waals surface area contributed by atoms with E-state index in [9.17, 15) is 4.39 Å². The summed E-state index contributed by atoms with van der Waals surface area (Å²) >= 11 is 0. The molecule has 0 spiro atoms. The first-order chi connectivity index (χ1) is 12.7. The number of halogens is 1. The quantitative estimate of drug-likeness (QED) is 0.702. The van der Waals surface area contributed by atoms with Gasteiger partial charge in [-0.25, -0.2) is 14.4 Å². The molecule has 1 atom stereocenters. The Kier molecular flexibility index (Phi) is 3.24. The number of aromatic nitrogens is 2. The molecule has 1 aromatic heterocycles. The second-order valence-electron chi connectivity index (χ2n) is 6.21. The van der Waals surface area contributed by atoms with Crippen LogP contribution in [0.4, 0.5) is 10.3 Å². The lowest BCUT2D eigenvalue weighted by molar-refractivity contribution is 0.297. The van der Waals surface area contributed by atoms with Crippen LogP contribution in [-0.2, 0) is 0 Å². The van der Waals surface area contributed by atoms with Gasteiger partial charge in [0.2, 0.25) is 5.95 Å². The average molecular weight is 353 g/mol. The topological polar surface area (TPSA) is 86.7 Å². The van der Waals surface area contributed by atoms with E-state index in [2.05, 4.69) is 15.3 Å². The van der Waals surface area contributed by atoms with Crippen molar-refractivity contribution >= 4 is 22.9 Å². The van der Waals surface area contributed by atoms with Crippen LogP contribution in [0, 0.1) is 5.82 Å². The second kappa shape index (κ2) is 5.62. The highest BCUT2D eigenvalue weighted by molar-refractivity contribution is 5.95.